The Morgan fingerprint density at radius 3 is 2.30 bits per heavy atom. The average molecular weight is 268 g/mol. The Morgan fingerprint density at radius 1 is 1.15 bits per heavy atom. The fourth-order valence-electron chi connectivity index (χ4n) is 3.53. The first-order valence-electron chi connectivity index (χ1n) is 7.52. The molecule has 1 saturated carbocycles. The van der Waals surface area contributed by atoms with Crippen LogP contribution in [-0.4, -0.2) is 11.9 Å². The topological polar surface area (TPSA) is 52.9 Å². The fraction of sp³-hybridized carbons (Fsp3) is 0.529. The van der Waals surface area contributed by atoms with Gasteiger partial charge in [0.25, 0.3) is 0 Å². The van der Waals surface area contributed by atoms with E-state index in [4.69, 9.17) is 0 Å². The van der Waals surface area contributed by atoms with Crippen LogP contribution in [0.5, 0.6) is 0 Å². The molecule has 0 heterocycles. The Morgan fingerprint density at radius 2 is 1.75 bits per heavy atom. The summed E-state index contributed by atoms with van der Waals surface area (Å²) in [6.45, 7) is 0. The van der Waals surface area contributed by atoms with Gasteiger partial charge in [-0.1, -0.05) is 43.5 Å². The van der Waals surface area contributed by atoms with Crippen LogP contribution in [0.1, 0.15) is 43.2 Å². The lowest BCUT2D eigenvalue weighted by molar-refractivity contribution is -0.130. The molecule has 0 saturated heterocycles. The van der Waals surface area contributed by atoms with Crippen molar-refractivity contribution in [3.63, 3.8) is 0 Å². The molecule has 0 aromatic heterocycles. The Bertz CT molecular complexity index is 527. The van der Waals surface area contributed by atoms with Gasteiger partial charge in [-0.2, -0.15) is 5.26 Å². The molecule has 2 aliphatic rings. The smallest absolute Gasteiger partial charge is 0.240 e. The highest BCUT2D eigenvalue weighted by molar-refractivity contribution is 5.85. The molecule has 3 heteroatoms. The Balaban J connectivity index is 1.67. The molecule has 20 heavy (non-hydrogen) atoms. The normalized spacial score (nSPS) is 20.9. The quantitative estimate of drug-likeness (QED) is 0.896. The van der Waals surface area contributed by atoms with Crippen LogP contribution in [0.2, 0.25) is 0 Å². The molecule has 0 bridgehead atoms. The summed E-state index contributed by atoms with van der Waals surface area (Å²) in [5, 5.41) is 12.6. The van der Waals surface area contributed by atoms with Gasteiger partial charge in [0.1, 0.15) is 5.41 Å². The number of carbonyl (C=O) groups is 1. The van der Waals surface area contributed by atoms with Crippen LogP contribution < -0.4 is 5.32 Å². The highest BCUT2D eigenvalue weighted by Crippen LogP contribution is 2.36. The zero-order valence-corrected chi connectivity index (χ0v) is 11.7. The first kappa shape index (κ1) is 13.2. The summed E-state index contributed by atoms with van der Waals surface area (Å²) in [4.78, 5) is 12.5. The molecular weight excluding hydrogens is 248 g/mol. The minimum absolute atomic E-state index is 0.0440. The molecule has 2 aliphatic carbocycles. The second-order valence-electron chi connectivity index (χ2n) is 6.10. The molecule has 0 aliphatic heterocycles. The van der Waals surface area contributed by atoms with E-state index in [1.165, 1.54) is 11.1 Å². The lowest BCUT2D eigenvalue weighted by atomic mass is 9.74. The number of benzene rings is 1. The molecule has 0 spiro atoms. The van der Waals surface area contributed by atoms with Gasteiger partial charge in [0.15, 0.2) is 0 Å². The number of rotatable bonds is 2. The second kappa shape index (κ2) is 5.28. The number of nitrogens with zero attached hydrogens (tertiary/aromatic N) is 1. The third-order valence-corrected chi connectivity index (χ3v) is 4.74. The van der Waals surface area contributed by atoms with Crippen LogP contribution >= 0.6 is 0 Å². The van der Waals surface area contributed by atoms with Crippen molar-refractivity contribution in [2.24, 2.45) is 5.41 Å². The zero-order chi connectivity index (χ0) is 14.0. The lowest BCUT2D eigenvalue weighted by Gasteiger charge is -2.30. The maximum absolute atomic E-state index is 12.5. The molecule has 1 aromatic carbocycles. The van der Waals surface area contributed by atoms with Crippen LogP contribution in [0.15, 0.2) is 24.3 Å². The van der Waals surface area contributed by atoms with Crippen molar-refractivity contribution in [2.75, 3.05) is 0 Å². The van der Waals surface area contributed by atoms with Crippen LogP contribution in [0.3, 0.4) is 0 Å². The van der Waals surface area contributed by atoms with Gasteiger partial charge in [0, 0.05) is 6.04 Å². The zero-order valence-electron chi connectivity index (χ0n) is 11.7. The van der Waals surface area contributed by atoms with E-state index < -0.39 is 5.41 Å². The van der Waals surface area contributed by atoms with Crippen molar-refractivity contribution in [2.45, 2.75) is 51.0 Å². The Labute approximate surface area is 120 Å². The SMILES string of the molecule is N#CC1(C(=O)NC2Cc3ccccc3C2)CCCCC1. The first-order valence-corrected chi connectivity index (χ1v) is 7.52. The Kier molecular flexibility index (Phi) is 3.48. The van der Waals surface area contributed by atoms with Gasteiger partial charge >= 0.3 is 0 Å². The number of nitrogens with one attached hydrogen (secondary N) is 1. The molecular formula is C17H20N2O. The van der Waals surface area contributed by atoms with Gasteiger partial charge in [0.2, 0.25) is 5.91 Å². The summed E-state index contributed by atoms with van der Waals surface area (Å²) >= 11 is 0. The minimum atomic E-state index is -0.771. The standard InChI is InChI=1S/C17H20N2O/c18-12-17(8-4-1-5-9-17)16(20)19-15-10-13-6-2-3-7-14(13)11-15/h2-3,6-7,15H,1,4-5,8-11H2,(H,19,20). The molecule has 0 radical (unpaired) electrons. The predicted molar refractivity (Wildman–Crippen MR) is 76.9 cm³/mol. The molecule has 0 atom stereocenters. The molecule has 1 fully saturated rings. The fourth-order valence-corrected chi connectivity index (χ4v) is 3.53. The van der Waals surface area contributed by atoms with Gasteiger partial charge in [-0.15, -0.1) is 0 Å². The van der Waals surface area contributed by atoms with E-state index in [2.05, 4.69) is 23.5 Å². The summed E-state index contributed by atoms with van der Waals surface area (Å²) in [6, 6.07) is 10.8. The van der Waals surface area contributed by atoms with E-state index in [0.29, 0.717) is 0 Å². The summed E-state index contributed by atoms with van der Waals surface area (Å²) < 4.78 is 0. The molecule has 3 nitrogen and oxygen atoms in total. The number of hydrogen-bond donors (Lipinski definition) is 1. The van der Waals surface area contributed by atoms with Crippen molar-refractivity contribution >= 4 is 5.91 Å². The predicted octanol–water partition coefficient (Wildman–Crippen LogP) is 2.74. The van der Waals surface area contributed by atoms with E-state index in [9.17, 15) is 10.1 Å². The van der Waals surface area contributed by atoms with Crippen molar-refractivity contribution in [3.8, 4) is 6.07 Å². The van der Waals surface area contributed by atoms with Crippen LogP contribution in [0.4, 0.5) is 0 Å². The number of hydrogen-bond acceptors (Lipinski definition) is 2. The highest BCUT2D eigenvalue weighted by atomic mass is 16.2. The summed E-state index contributed by atoms with van der Waals surface area (Å²) in [7, 11) is 0. The largest absolute Gasteiger partial charge is 0.351 e. The van der Waals surface area contributed by atoms with Gasteiger partial charge in [0.05, 0.1) is 6.07 Å². The average Bonchev–Trinajstić information content (AvgIpc) is 2.90. The maximum Gasteiger partial charge on any atom is 0.240 e. The van der Waals surface area contributed by atoms with E-state index in [1.54, 1.807) is 0 Å². The number of amides is 1. The number of carbonyl (C=O) groups excluding carboxylic acids is 1. The summed E-state index contributed by atoms with van der Waals surface area (Å²) in [5.74, 6) is -0.0440. The van der Waals surface area contributed by atoms with Gasteiger partial charge in [-0.25, -0.2) is 0 Å². The Hall–Kier alpha value is -1.82. The van der Waals surface area contributed by atoms with Gasteiger partial charge < -0.3 is 5.32 Å². The number of nitriles is 1. The van der Waals surface area contributed by atoms with Crippen LogP contribution in [0.25, 0.3) is 0 Å². The molecule has 1 aromatic rings. The molecule has 3 rings (SSSR count). The van der Waals surface area contributed by atoms with Crippen LogP contribution in [-0.2, 0) is 17.6 Å². The van der Waals surface area contributed by atoms with E-state index in [0.717, 1.165) is 44.9 Å². The second-order valence-corrected chi connectivity index (χ2v) is 6.10. The van der Waals surface area contributed by atoms with Crippen molar-refractivity contribution < 1.29 is 4.79 Å². The van der Waals surface area contributed by atoms with E-state index in [-0.39, 0.29) is 11.9 Å². The maximum atomic E-state index is 12.5. The van der Waals surface area contributed by atoms with Crippen molar-refractivity contribution in [1.29, 1.82) is 5.26 Å². The number of fused-ring (bicyclic) bond motifs is 1. The van der Waals surface area contributed by atoms with Crippen LogP contribution in [0, 0.1) is 16.7 Å². The van der Waals surface area contributed by atoms with Gasteiger partial charge in [-0.05, 0) is 36.8 Å². The highest BCUT2D eigenvalue weighted by Gasteiger charge is 2.41. The molecule has 1 amide bonds. The summed E-state index contributed by atoms with van der Waals surface area (Å²) in [6.07, 6.45) is 6.35. The molecule has 104 valence electrons. The minimum Gasteiger partial charge on any atom is -0.351 e. The van der Waals surface area contributed by atoms with Crippen molar-refractivity contribution in [3.05, 3.63) is 35.4 Å². The monoisotopic (exact) mass is 268 g/mol. The lowest BCUT2D eigenvalue weighted by Crippen LogP contribution is -2.46. The van der Waals surface area contributed by atoms with E-state index in [1.807, 2.05) is 12.1 Å². The first-order chi connectivity index (χ1) is 9.73. The molecule has 0 unspecified atom stereocenters. The van der Waals surface area contributed by atoms with Crippen molar-refractivity contribution in [1.82, 2.24) is 5.32 Å². The third kappa shape index (κ3) is 2.31. The molecule has 1 N–H and O–H groups in total. The summed E-state index contributed by atoms with van der Waals surface area (Å²) in [5.41, 5.74) is 1.88. The van der Waals surface area contributed by atoms with E-state index >= 15 is 0 Å². The third-order valence-electron chi connectivity index (χ3n) is 4.74. The van der Waals surface area contributed by atoms with Gasteiger partial charge in [-0.3, -0.25) is 4.79 Å².